The van der Waals surface area contributed by atoms with Crippen molar-refractivity contribution in [3.63, 3.8) is 0 Å². The van der Waals surface area contributed by atoms with Gasteiger partial charge in [-0.3, -0.25) is 4.79 Å². The van der Waals surface area contributed by atoms with Crippen LogP contribution in [0.2, 0.25) is 0 Å². The van der Waals surface area contributed by atoms with Crippen LogP contribution in [0.25, 0.3) is 22.0 Å². The average Bonchev–Trinajstić information content (AvgIpc) is 2.68. The number of aryl methyl sites for hydroxylation is 2. The minimum absolute atomic E-state index is 0. The lowest BCUT2D eigenvalue weighted by atomic mass is 10.0. The summed E-state index contributed by atoms with van der Waals surface area (Å²) in [5.41, 5.74) is 6.27. The van der Waals surface area contributed by atoms with Crippen LogP contribution in [0.1, 0.15) is 16.7 Å². The molecule has 1 heterocycles. The predicted octanol–water partition coefficient (Wildman–Crippen LogP) is 5.71. The van der Waals surface area contributed by atoms with E-state index in [9.17, 15) is 9.90 Å². The number of aromatic amines is 1. The molecular formula is C24H23BrN2O2. The number of hydrogen-bond donors (Lipinski definition) is 3. The molecule has 0 unspecified atom stereocenters. The fourth-order valence-corrected chi connectivity index (χ4v) is 3.53. The van der Waals surface area contributed by atoms with Crippen LogP contribution in [0.5, 0.6) is 5.75 Å². The molecule has 0 aliphatic heterocycles. The van der Waals surface area contributed by atoms with Crippen LogP contribution >= 0.6 is 17.0 Å². The van der Waals surface area contributed by atoms with Crippen LogP contribution in [0.15, 0.2) is 71.5 Å². The summed E-state index contributed by atoms with van der Waals surface area (Å²) in [6.07, 6.45) is 0. The van der Waals surface area contributed by atoms with Gasteiger partial charge in [0, 0.05) is 23.0 Å². The molecule has 0 spiro atoms. The van der Waals surface area contributed by atoms with E-state index in [0.717, 1.165) is 33.2 Å². The molecule has 5 heteroatoms. The number of phenolic OH excluding ortho intramolecular Hbond substituents is 1. The Bertz CT molecular complexity index is 1220. The van der Waals surface area contributed by atoms with Gasteiger partial charge < -0.3 is 15.4 Å². The first-order chi connectivity index (χ1) is 13.5. The molecule has 0 atom stereocenters. The van der Waals surface area contributed by atoms with E-state index in [-0.39, 0.29) is 28.3 Å². The Hall–Kier alpha value is -3.05. The molecule has 4 rings (SSSR count). The van der Waals surface area contributed by atoms with Gasteiger partial charge in [0.2, 0.25) is 0 Å². The molecule has 0 fully saturated rings. The molecule has 0 aliphatic rings. The zero-order valence-electron chi connectivity index (χ0n) is 16.3. The van der Waals surface area contributed by atoms with Gasteiger partial charge >= 0.3 is 0 Å². The summed E-state index contributed by atoms with van der Waals surface area (Å²) in [6.45, 7) is 4.38. The number of fused-ring (bicyclic) bond motifs is 1. The molecule has 3 aromatic carbocycles. The fraction of sp³-hybridized carbons (Fsp3) is 0.125. The van der Waals surface area contributed by atoms with E-state index in [1.807, 2.05) is 68.4 Å². The number of pyridine rings is 1. The van der Waals surface area contributed by atoms with Crippen LogP contribution in [0, 0.1) is 13.8 Å². The topological polar surface area (TPSA) is 65.1 Å². The van der Waals surface area contributed by atoms with E-state index in [1.165, 1.54) is 0 Å². The van der Waals surface area contributed by atoms with Gasteiger partial charge in [0.1, 0.15) is 5.75 Å². The number of aromatic nitrogens is 1. The van der Waals surface area contributed by atoms with E-state index in [0.29, 0.717) is 17.8 Å². The zero-order valence-corrected chi connectivity index (χ0v) is 18.0. The highest BCUT2D eigenvalue weighted by Gasteiger charge is 2.08. The lowest BCUT2D eigenvalue weighted by Crippen LogP contribution is -2.16. The van der Waals surface area contributed by atoms with Crippen molar-refractivity contribution >= 4 is 33.6 Å². The van der Waals surface area contributed by atoms with Crippen LogP contribution in [-0.4, -0.2) is 10.1 Å². The van der Waals surface area contributed by atoms with E-state index in [1.54, 1.807) is 6.07 Å². The maximum absolute atomic E-state index is 12.5. The van der Waals surface area contributed by atoms with Gasteiger partial charge in [0.05, 0.1) is 5.69 Å². The van der Waals surface area contributed by atoms with Gasteiger partial charge in [-0.15, -0.1) is 17.0 Å². The lowest BCUT2D eigenvalue weighted by Gasteiger charge is -2.12. The molecule has 4 nitrogen and oxygen atoms in total. The monoisotopic (exact) mass is 450 g/mol. The number of halogens is 1. The minimum atomic E-state index is -0.122. The molecule has 0 aliphatic carbocycles. The predicted molar refractivity (Wildman–Crippen MR) is 125 cm³/mol. The third-order valence-electron chi connectivity index (χ3n) is 4.96. The van der Waals surface area contributed by atoms with Crippen molar-refractivity contribution < 1.29 is 5.11 Å². The summed E-state index contributed by atoms with van der Waals surface area (Å²) < 4.78 is 0. The number of nitrogens with one attached hydrogen (secondary N) is 2. The van der Waals surface area contributed by atoms with Gasteiger partial charge in [-0.25, -0.2) is 0 Å². The SMILES string of the molecule is Br.Cc1cc(C)c2cc(CNc3cc(-c4ccccc4)ccc3O)c(=O)[nH]c2c1. The smallest absolute Gasteiger partial charge is 0.253 e. The van der Waals surface area contributed by atoms with Gasteiger partial charge in [-0.2, -0.15) is 0 Å². The first kappa shape index (κ1) is 20.7. The zero-order chi connectivity index (χ0) is 19.7. The highest BCUT2D eigenvalue weighted by atomic mass is 79.9. The van der Waals surface area contributed by atoms with Crippen molar-refractivity contribution in [3.05, 3.63) is 93.8 Å². The Balaban J connectivity index is 0.00000240. The number of benzene rings is 3. The highest BCUT2D eigenvalue weighted by molar-refractivity contribution is 8.93. The van der Waals surface area contributed by atoms with Gasteiger partial charge in [0.15, 0.2) is 0 Å². The number of phenols is 1. The summed E-state index contributed by atoms with van der Waals surface area (Å²) in [6, 6.07) is 21.4. The number of H-pyrrole nitrogens is 1. The van der Waals surface area contributed by atoms with Gasteiger partial charge in [-0.05, 0) is 60.4 Å². The Labute approximate surface area is 180 Å². The second-order valence-corrected chi connectivity index (χ2v) is 7.12. The van der Waals surface area contributed by atoms with Crippen LogP contribution in [0.4, 0.5) is 5.69 Å². The number of hydrogen-bond acceptors (Lipinski definition) is 3. The quantitative estimate of drug-likeness (QED) is 0.349. The van der Waals surface area contributed by atoms with Gasteiger partial charge in [-0.1, -0.05) is 42.5 Å². The molecule has 4 aromatic rings. The average molecular weight is 451 g/mol. The summed E-state index contributed by atoms with van der Waals surface area (Å²) in [7, 11) is 0. The Kier molecular flexibility index (Phi) is 6.09. The Morgan fingerprint density at radius 2 is 1.69 bits per heavy atom. The second kappa shape index (κ2) is 8.53. The van der Waals surface area contributed by atoms with Crippen molar-refractivity contribution in [2.75, 3.05) is 5.32 Å². The van der Waals surface area contributed by atoms with Crippen LogP contribution in [-0.2, 0) is 6.54 Å². The molecule has 1 aromatic heterocycles. The first-order valence-corrected chi connectivity index (χ1v) is 9.27. The van der Waals surface area contributed by atoms with Crippen LogP contribution in [0.3, 0.4) is 0 Å². The summed E-state index contributed by atoms with van der Waals surface area (Å²) in [5.74, 6) is 0.156. The summed E-state index contributed by atoms with van der Waals surface area (Å²) in [5, 5.41) is 14.5. The molecule has 3 N–H and O–H groups in total. The molecule has 0 saturated heterocycles. The van der Waals surface area contributed by atoms with Crippen LogP contribution < -0.4 is 10.9 Å². The third-order valence-corrected chi connectivity index (χ3v) is 4.96. The number of rotatable bonds is 4. The summed E-state index contributed by atoms with van der Waals surface area (Å²) in [4.78, 5) is 15.5. The Morgan fingerprint density at radius 1 is 0.931 bits per heavy atom. The van der Waals surface area contributed by atoms with Gasteiger partial charge in [0.25, 0.3) is 5.56 Å². The third kappa shape index (κ3) is 4.35. The fourth-order valence-electron chi connectivity index (χ4n) is 3.53. The van der Waals surface area contributed by atoms with Crippen molar-refractivity contribution in [2.24, 2.45) is 0 Å². The molecule has 0 saturated carbocycles. The lowest BCUT2D eigenvalue weighted by molar-refractivity contribution is 0.477. The highest BCUT2D eigenvalue weighted by Crippen LogP contribution is 2.30. The molecular weight excluding hydrogens is 428 g/mol. The van der Waals surface area contributed by atoms with Crippen molar-refractivity contribution in [1.82, 2.24) is 4.98 Å². The van der Waals surface area contributed by atoms with E-state index >= 15 is 0 Å². The number of anilines is 1. The second-order valence-electron chi connectivity index (χ2n) is 7.12. The first-order valence-electron chi connectivity index (χ1n) is 9.27. The molecule has 0 amide bonds. The van der Waals surface area contributed by atoms with E-state index in [4.69, 9.17) is 0 Å². The van der Waals surface area contributed by atoms with Crippen molar-refractivity contribution in [3.8, 4) is 16.9 Å². The van der Waals surface area contributed by atoms with E-state index < -0.39 is 0 Å². The molecule has 0 bridgehead atoms. The molecule has 148 valence electrons. The van der Waals surface area contributed by atoms with Crippen molar-refractivity contribution in [1.29, 1.82) is 0 Å². The molecule has 0 radical (unpaired) electrons. The molecule has 29 heavy (non-hydrogen) atoms. The van der Waals surface area contributed by atoms with Crippen molar-refractivity contribution in [2.45, 2.75) is 20.4 Å². The maximum Gasteiger partial charge on any atom is 0.253 e. The number of aromatic hydroxyl groups is 1. The van der Waals surface area contributed by atoms with E-state index in [2.05, 4.69) is 16.4 Å². The normalized spacial score (nSPS) is 10.6. The minimum Gasteiger partial charge on any atom is -0.506 e. The Morgan fingerprint density at radius 3 is 2.45 bits per heavy atom. The standard InChI is InChI=1S/C24H22N2O2.BrH/c1-15-10-16(2)20-12-19(24(28)26-21(20)11-15)14-25-22-13-18(8-9-23(22)27)17-6-4-3-5-7-17;/h3-13,25,27H,14H2,1-2H3,(H,26,28);1H. The largest absolute Gasteiger partial charge is 0.506 e. The maximum atomic E-state index is 12.5. The summed E-state index contributed by atoms with van der Waals surface area (Å²) >= 11 is 0.